The largest absolute Gasteiger partial charge is 0.250 e. The van der Waals surface area contributed by atoms with Crippen LogP contribution in [0, 0.1) is 13.8 Å². The highest BCUT2D eigenvalue weighted by atomic mass is 79.9. The van der Waals surface area contributed by atoms with Crippen molar-refractivity contribution in [1.29, 1.82) is 0 Å². The topological polar surface area (TPSA) is 72.0 Å². The van der Waals surface area contributed by atoms with Crippen LogP contribution in [0.3, 0.4) is 0 Å². The van der Waals surface area contributed by atoms with E-state index in [1.54, 1.807) is 25.3 Å². The molecule has 19 heavy (non-hydrogen) atoms. The van der Waals surface area contributed by atoms with Gasteiger partial charge in [-0.15, -0.1) is 11.3 Å². The summed E-state index contributed by atoms with van der Waals surface area (Å²) >= 11 is 4.51. The number of aromatic nitrogens is 2. The van der Waals surface area contributed by atoms with Gasteiger partial charge in [0.05, 0.1) is 16.0 Å². The highest BCUT2D eigenvalue weighted by Crippen LogP contribution is 2.30. The van der Waals surface area contributed by atoms with E-state index in [0.717, 1.165) is 9.35 Å². The molecule has 0 unspecified atom stereocenters. The molecule has 0 radical (unpaired) electrons. The second-order valence-electron chi connectivity index (χ2n) is 3.94. The molecule has 2 heterocycles. The van der Waals surface area contributed by atoms with E-state index < -0.39 is 10.0 Å². The van der Waals surface area contributed by atoms with Crippen molar-refractivity contribution in [1.82, 2.24) is 14.7 Å². The van der Waals surface area contributed by atoms with Gasteiger partial charge < -0.3 is 0 Å². The minimum absolute atomic E-state index is 0.153. The fourth-order valence-electron chi connectivity index (χ4n) is 1.41. The highest BCUT2D eigenvalue weighted by Gasteiger charge is 2.18. The number of thiophene rings is 1. The van der Waals surface area contributed by atoms with Crippen molar-refractivity contribution >= 4 is 37.3 Å². The summed E-state index contributed by atoms with van der Waals surface area (Å²) in [4.78, 5) is 8.11. The van der Waals surface area contributed by atoms with Gasteiger partial charge in [-0.25, -0.2) is 23.1 Å². The van der Waals surface area contributed by atoms with Gasteiger partial charge >= 0.3 is 0 Å². The standard InChI is InChI=1S/C11H12BrN3O2S2/c1-7-5-10(18-11(7)12)19(16,17)14-6-9-3-4-13-8(2)15-9/h3-5,14H,6H2,1-2H3. The van der Waals surface area contributed by atoms with Crippen molar-refractivity contribution in [2.45, 2.75) is 24.6 Å². The van der Waals surface area contributed by atoms with E-state index in [1.807, 2.05) is 6.92 Å². The maximum atomic E-state index is 12.1. The van der Waals surface area contributed by atoms with Gasteiger partial charge in [-0.05, 0) is 47.5 Å². The van der Waals surface area contributed by atoms with Crippen molar-refractivity contribution in [3.63, 3.8) is 0 Å². The normalized spacial score (nSPS) is 11.7. The van der Waals surface area contributed by atoms with Gasteiger partial charge in [0, 0.05) is 6.20 Å². The smallest absolute Gasteiger partial charge is 0.242 e. The molecule has 2 rings (SSSR count). The molecule has 0 fully saturated rings. The second-order valence-corrected chi connectivity index (χ2v) is 8.31. The summed E-state index contributed by atoms with van der Waals surface area (Å²) in [6, 6.07) is 3.33. The van der Waals surface area contributed by atoms with Crippen molar-refractivity contribution in [3.8, 4) is 0 Å². The maximum Gasteiger partial charge on any atom is 0.250 e. The molecule has 0 atom stereocenters. The first-order valence-corrected chi connectivity index (χ1v) is 8.52. The van der Waals surface area contributed by atoms with E-state index >= 15 is 0 Å². The Morgan fingerprint density at radius 2 is 2.16 bits per heavy atom. The summed E-state index contributed by atoms with van der Waals surface area (Å²) in [5.41, 5.74) is 1.55. The molecule has 2 aromatic rings. The summed E-state index contributed by atoms with van der Waals surface area (Å²) in [6.07, 6.45) is 1.61. The van der Waals surface area contributed by atoms with E-state index in [4.69, 9.17) is 0 Å². The quantitative estimate of drug-likeness (QED) is 0.907. The number of halogens is 1. The lowest BCUT2D eigenvalue weighted by Gasteiger charge is -2.04. The summed E-state index contributed by atoms with van der Waals surface area (Å²) in [6.45, 7) is 3.77. The van der Waals surface area contributed by atoms with Gasteiger partial charge in [-0.3, -0.25) is 0 Å². The third kappa shape index (κ3) is 3.59. The predicted molar refractivity (Wildman–Crippen MR) is 77.6 cm³/mol. The number of aryl methyl sites for hydroxylation is 2. The molecular formula is C11H12BrN3O2S2. The summed E-state index contributed by atoms with van der Waals surface area (Å²) in [5, 5.41) is 0. The summed E-state index contributed by atoms with van der Waals surface area (Å²) in [7, 11) is -3.49. The van der Waals surface area contributed by atoms with Crippen LogP contribution in [0.5, 0.6) is 0 Å². The first-order valence-electron chi connectivity index (χ1n) is 5.42. The number of rotatable bonds is 4. The van der Waals surface area contributed by atoms with Gasteiger partial charge in [0.1, 0.15) is 10.0 Å². The number of hydrogen-bond donors (Lipinski definition) is 1. The summed E-state index contributed by atoms with van der Waals surface area (Å²) in [5.74, 6) is 0.617. The zero-order valence-corrected chi connectivity index (χ0v) is 13.6. The Balaban J connectivity index is 2.14. The van der Waals surface area contributed by atoms with E-state index in [2.05, 4.69) is 30.6 Å². The average molecular weight is 362 g/mol. The third-order valence-electron chi connectivity index (χ3n) is 2.38. The molecule has 0 aliphatic rings. The van der Waals surface area contributed by atoms with Crippen LogP contribution in [0.15, 0.2) is 26.3 Å². The predicted octanol–water partition coefficient (Wildman–Crippen LogP) is 2.40. The van der Waals surface area contributed by atoms with Crippen LogP contribution in [0.1, 0.15) is 17.1 Å². The van der Waals surface area contributed by atoms with E-state index in [1.165, 1.54) is 11.3 Å². The molecule has 0 aliphatic carbocycles. The van der Waals surface area contributed by atoms with Gasteiger partial charge in [0.2, 0.25) is 10.0 Å². The van der Waals surface area contributed by atoms with Gasteiger partial charge in [0.25, 0.3) is 0 Å². The molecule has 2 aromatic heterocycles. The lowest BCUT2D eigenvalue weighted by Crippen LogP contribution is -2.23. The first kappa shape index (κ1) is 14.6. The molecule has 1 N–H and O–H groups in total. The Morgan fingerprint density at radius 3 is 2.74 bits per heavy atom. The van der Waals surface area contributed by atoms with Crippen LogP contribution in [0.25, 0.3) is 0 Å². The lowest BCUT2D eigenvalue weighted by molar-refractivity contribution is 0.582. The second kappa shape index (κ2) is 5.66. The minimum atomic E-state index is -3.49. The minimum Gasteiger partial charge on any atom is -0.242 e. The van der Waals surface area contributed by atoms with Crippen LogP contribution < -0.4 is 4.72 Å². The van der Waals surface area contributed by atoms with Crippen LogP contribution in [0.4, 0.5) is 0 Å². The van der Waals surface area contributed by atoms with Crippen LogP contribution in [0.2, 0.25) is 0 Å². The molecule has 5 nitrogen and oxygen atoms in total. The van der Waals surface area contributed by atoms with E-state index in [-0.39, 0.29) is 6.54 Å². The monoisotopic (exact) mass is 361 g/mol. The van der Waals surface area contributed by atoms with Crippen LogP contribution >= 0.6 is 27.3 Å². The van der Waals surface area contributed by atoms with Crippen LogP contribution in [-0.2, 0) is 16.6 Å². The molecule has 0 spiro atoms. The number of nitrogens with zero attached hydrogens (tertiary/aromatic N) is 2. The maximum absolute atomic E-state index is 12.1. The number of nitrogens with one attached hydrogen (secondary N) is 1. The molecule has 0 saturated heterocycles. The molecule has 0 aromatic carbocycles. The Morgan fingerprint density at radius 1 is 1.42 bits per heavy atom. The Kier molecular flexibility index (Phi) is 4.34. The number of hydrogen-bond acceptors (Lipinski definition) is 5. The Hall–Kier alpha value is -0.830. The van der Waals surface area contributed by atoms with Gasteiger partial charge in [0.15, 0.2) is 0 Å². The van der Waals surface area contributed by atoms with Crippen molar-refractivity contribution in [2.24, 2.45) is 0 Å². The van der Waals surface area contributed by atoms with Crippen molar-refractivity contribution < 1.29 is 8.42 Å². The fourth-order valence-corrected chi connectivity index (χ4v) is 4.68. The highest BCUT2D eigenvalue weighted by molar-refractivity contribution is 9.11. The average Bonchev–Trinajstić information content (AvgIpc) is 2.68. The molecule has 0 saturated carbocycles. The number of sulfonamides is 1. The van der Waals surface area contributed by atoms with Gasteiger partial charge in [-0.1, -0.05) is 0 Å². The fraction of sp³-hybridized carbons (Fsp3) is 0.273. The van der Waals surface area contributed by atoms with E-state index in [0.29, 0.717) is 15.7 Å². The van der Waals surface area contributed by atoms with E-state index in [9.17, 15) is 8.42 Å². The Labute approximate surface area is 124 Å². The molecule has 102 valence electrons. The molecular weight excluding hydrogens is 350 g/mol. The molecule has 0 aliphatic heterocycles. The molecule has 0 bridgehead atoms. The zero-order chi connectivity index (χ0) is 14.0. The third-order valence-corrected chi connectivity index (χ3v) is 6.39. The summed E-state index contributed by atoms with van der Waals surface area (Å²) < 4.78 is 27.8. The zero-order valence-electron chi connectivity index (χ0n) is 10.3. The van der Waals surface area contributed by atoms with Crippen molar-refractivity contribution in [2.75, 3.05) is 0 Å². The van der Waals surface area contributed by atoms with Crippen molar-refractivity contribution in [3.05, 3.63) is 39.2 Å². The first-order chi connectivity index (χ1) is 8.88. The SMILES string of the molecule is Cc1nccc(CNS(=O)(=O)c2cc(C)c(Br)s2)n1. The van der Waals surface area contributed by atoms with Crippen LogP contribution in [-0.4, -0.2) is 18.4 Å². The molecule has 8 heteroatoms. The lowest BCUT2D eigenvalue weighted by atomic mass is 10.4. The Bertz CT molecular complexity index is 678. The van der Waals surface area contributed by atoms with Gasteiger partial charge in [-0.2, -0.15) is 0 Å². The molecule has 0 amide bonds.